The number of anilines is 2. The van der Waals surface area contributed by atoms with Crippen LogP contribution in [0.1, 0.15) is 12.8 Å². The van der Waals surface area contributed by atoms with Crippen LogP contribution in [-0.4, -0.2) is 0 Å². The van der Waals surface area contributed by atoms with E-state index in [0.717, 1.165) is 12.8 Å². The molecule has 118 valence electrons. The molecule has 0 amide bonds. The highest BCUT2D eigenvalue weighted by molar-refractivity contribution is 9.11. The van der Waals surface area contributed by atoms with Gasteiger partial charge in [0.2, 0.25) is 0 Å². The van der Waals surface area contributed by atoms with Gasteiger partial charge in [-0.15, -0.1) is 0 Å². The first-order valence-corrected chi connectivity index (χ1v) is 9.00. The maximum atomic E-state index is 3.62. The Morgan fingerprint density at radius 1 is 0.708 bits per heavy atom. The molecule has 0 bridgehead atoms. The van der Waals surface area contributed by atoms with Crippen molar-refractivity contribution in [1.82, 2.24) is 0 Å². The van der Waals surface area contributed by atoms with E-state index in [2.05, 4.69) is 106 Å². The average Bonchev–Trinajstić information content (AvgIpc) is 2.65. The number of benzene rings is 3. The molecule has 1 aliphatic rings. The molecule has 0 radical (unpaired) electrons. The summed E-state index contributed by atoms with van der Waals surface area (Å²) < 4.78 is 1.26. The number of hydrogen-bond acceptors (Lipinski definition) is 1. The first-order valence-electron chi connectivity index (χ1n) is 8.21. The summed E-state index contributed by atoms with van der Waals surface area (Å²) in [5, 5.41) is 2.54. The topological polar surface area (TPSA) is 3.24 Å². The van der Waals surface area contributed by atoms with E-state index in [4.69, 9.17) is 0 Å². The summed E-state index contributed by atoms with van der Waals surface area (Å²) in [6.07, 6.45) is 6.46. The first-order chi connectivity index (χ1) is 11.8. The van der Waals surface area contributed by atoms with Crippen molar-refractivity contribution in [3.05, 3.63) is 95.1 Å². The highest BCUT2D eigenvalue weighted by Crippen LogP contribution is 2.38. The molecule has 0 atom stereocenters. The maximum Gasteiger partial charge on any atom is 0.0536 e. The zero-order valence-corrected chi connectivity index (χ0v) is 14.9. The smallest absolute Gasteiger partial charge is 0.0536 e. The molecular weight excluding hydrogens is 358 g/mol. The number of fused-ring (bicyclic) bond motifs is 1. The molecule has 0 N–H and O–H groups in total. The van der Waals surface area contributed by atoms with Crippen LogP contribution in [0.25, 0.3) is 10.8 Å². The second-order valence-electron chi connectivity index (χ2n) is 5.94. The van der Waals surface area contributed by atoms with Gasteiger partial charge >= 0.3 is 0 Å². The van der Waals surface area contributed by atoms with Crippen LogP contribution in [0.5, 0.6) is 0 Å². The van der Waals surface area contributed by atoms with Crippen LogP contribution in [0, 0.1) is 0 Å². The minimum atomic E-state index is 1.02. The molecule has 1 aliphatic carbocycles. The van der Waals surface area contributed by atoms with Gasteiger partial charge in [-0.2, -0.15) is 0 Å². The summed E-state index contributed by atoms with van der Waals surface area (Å²) in [6, 6.07) is 25.7. The second kappa shape index (κ2) is 6.66. The van der Waals surface area contributed by atoms with Gasteiger partial charge in [-0.25, -0.2) is 0 Å². The van der Waals surface area contributed by atoms with E-state index < -0.39 is 0 Å². The molecule has 2 heteroatoms. The van der Waals surface area contributed by atoms with Crippen LogP contribution in [0.15, 0.2) is 95.1 Å². The highest BCUT2D eigenvalue weighted by atomic mass is 79.9. The Hall–Kier alpha value is -2.32. The molecule has 4 rings (SSSR count). The molecule has 0 saturated heterocycles. The lowest BCUT2D eigenvalue weighted by atomic mass is 10.0. The largest absolute Gasteiger partial charge is 0.314 e. The van der Waals surface area contributed by atoms with E-state index in [1.807, 2.05) is 0 Å². The fourth-order valence-electron chi connectivity index (χ4n) is 3.23. The minimum absolute atomic E-state index is 1.02. The van der Waals surface area contributed by atoms with Crippen molar-refractivity contribution in [3.8, 4) is 0 Å². The average molecular weight is 376 g/mol. The van der Waals surface area contributed by atoms with Gasteiger partial charge in [0.25, 0.3) is 0 Å². The lowest BCUT2D eigenvalue weighted by Gasteiger charge is -2.30. The third kappa shape index (κ3) is 2.90. The van der Waals surface area contributed by atoms with Crippen molar-refractivity contribution >= 4 is 38.1 Å². The Balaban J connectivity index is 1.93. The predicted molar refractivity (Wildman–Crippen MR) is 107 cm³/mol. The summed E-state index contributed by atoms with van der Waals surface area (Å²) >= 11 is 3.62. The van der Waals surface area contributed by atoms with Gasteiger partial charge in [0.15, 0.2) is 0 Å². The molecule has 24 heavy (non-hydrogen) atoms. The molecule has 3 aromatic rings. The van der Waals surface area contributed by atoms with Crippen LogP contribution in [0.4, 0.5) is 11.4 Å². The zero-order valence-electron chi connectivity index (χ0n) is 13.3. The Labute approximate surface area is 151 Å². The number of allylic oxidation sites excluding steroid dienone is 4. The van der Waals surface area contributed by atoms with Crippen LogP contribution in [-0.2, 0) is 0 Å². The van der Waals surface area contributed by atoms with Crippen molar-refractivity contribution in [2.24, 2.45) is 0 Å². The summed E-state index contributed by atoms with van der Waals surface area (Å²) in [4.78, 5) is 2.39. The second-order valence-corrected chi connectivity index (χ2v) is 6.96. The van der Waals surface area contributed by atoms with Crippen LogP contribution >= 0.6 is 15.9 Å². The van der Waals surface area contributed by atoms with Crippen molar-refractivity contribution in [2.75, 3.05) is 4.90 Å². The number of nitrogens with zero attached hydrogens (tertiary/aromatic N) is 1. The van der Waals surface area contributed by atoms with Crippen molar-refractivity contribution in [1.29, 1.82) is 0 Å². The fourth-order valence-corrected chi connectivity index (χ4v) is 3.56. The van der Waals surface area contributed by atoms with Crippen molar-refractivity contribution < 1.29 is 0 Å². The number of halogens is 1. The molecule has 0 aliphatic heterocycles. The molecule has 1 nitrogen and oxygen atoms in total. The summed E-state index contributed by atoms with van der Waals surface area (Å²) in [6.45, 7) is 0. The van der Waals surface area contributed by atoms with Gasteiger partial charge in [-0.05, 0) is 47.0 Å². The quantitative estimate of drug-likeness (QED) is 0.479. The molecular formula is C22H18BrN. The normalized spacial score (nSPS) is 14.2. The monoisotopic (exact) mass is 375 g/mol. The van der Waals surface area contributed by atoms with Crippen LogP contribution in [0.2, 0.25) is 0 Å². The Bertz CT molecular complexity index is 920. The third-order valence-electron chi connectivity index (χ3n) is 4.39. The van der Waals surface area contributed by atoms with E-state index in [0.29, 0.717) is 0 Å². The Morgan fingerprint density at radius 3 is 2.25 bits per heavy atom. The Kier molecular flexibility index (Phi) is 4.22. The zero-order chi connectivity index (χ0) is 16.4. The molecule has 0 spiro atoms. The van der Waals surface area contributed by atoms with Gasteiger partial charge in [-0.3, -0.25) is 0 Å². The third-order valence-corrected chi connectivity index (χ3v) is 5.05. The van der Waals surface area contributed by atoms with E-state index in [9.17, 15) is 0 Å². The van der Waals surface area contributed by atoms with Gasteiger partial charge in [0.1, 0.15) is 0 Å². The summed E-state index contributed by atoms with van der Waals surface area (Å²) in [5.41, 5.74) is 3.75. The highest BCUT2D eigenvalue weighted by Gasteiger charge is 2.18. The lowest BCUT2D eigenvalue weighted by molar-refractivity contribution is 0.912. The molecule has 0 unspecified atom stereocenters. The van der Waals surface area contributed by atoms with Gasteiger partial charge in [0.05, 0.1) is 5.69 Å². The minimum Gasteiger partial charge on any atom is -0.314 e. The van der Waals surface area contributed by atoms with Crippen molar-refractivity contribution in [2.45, 2.75) is 12.8 Å². The lowest BCUT2D eigenvalue weighted by Crippen LogP contribution is -2.17. The molecule has 0 fully saturated rings. The maximum absolute atomic E-state index is 3.62. The standard InChI is InChI=1S/C22H18BrN/c23-18-13-15-20(16-14-18)24(19-9-2-1-3-10-19)22-12-6-8-17-7-4-5-11-21(17)22/h1-13,15H,14,16H2. The summed E-state index contributed by atoms with van der Waals surface area (Å²) in [5.74, 6) is 0. The number of para-hydroxylation sites is 1. The van der Waals surface area contributed by atoms with Gasteiger partial charge in [0, 0.05) is 16.8 Å². The van der Waals surface area contributed by atoms with E-state index >= 15 is 0 Å². The molecule has 3 aromatic carbocycles. The molecule has 0 saturated carbocycles. The molecule has 0 aromatic heterocycles. The predicted octanol–water partition coefficient (Wildman–Crippen LogP) is 6.93. The summed E-state index contributed by atoms with van der Waals surface area (Å²) in [7, 11) is 0. The fraction of sp³-hybridized carbons (Fsp3) is 0.0909. The van der Waals surface area contributed by atoms with Crippen molar-refractivity contribution in [3.63, 3.8) is 0 Å². The Morgan fingerprint density at radius 2 is 1.46 bits per heavy atom. The van der Waals surface area contributed by atoms with Crippen LogP contribution < -0.4 is 4.90 Å². The van der Waals surface area contributed by atoms with E-state index in [-0.39, 0.29) is 0 Å². The number of hydrogen-bond donors (Lipinski definition) is 0. The SMILES string of the molecule is BrC1=CC=C(N(c2ccccc2)c2cccc3ccccc23)CC1. The number of rotatable bonds is 3. The molecule has 0 heterocycles. The van der Waals surface area contributed by atoms with Gasteiger partial charge in [-0.1, -0.05) is 76.6 Å². The van der Waals surface area contributed by atoms with Gasteiger partial charge < -0.3 is 4.90 Å². The first kappa shape index (κ1) is 15.2. The van der Waals surface area contributed by atoms with E-state index in [1.165, 1.54) is 32.3 Å². The van der Waals surface area contributed by atoms with E-state index in [1.54, 1.807) is 0 Å². The van der Waals surface area contributed by atoms with Crippen LogP contribution in [0.3, 0.4) is 0 Å².